The summed E-state index contributed by atoms with van der Waals surface area (Å²) < 4.78 is 20.9. The summed E-state index contributed by atoms with van der Waals surface area (Å²) in [6, 6.07) is 6.59. The molecule has 0 atom stereocenters. The number of rotatable bonds is 4. The van der Waals surface area contributed by atoms with Crippen molar-refractivity contribution in [3.05, 3.63) is 53.4 Å². The average molecular weight is 300 g/mol. The van der Waals surface area contributed by atoms with E-state index in [1.165, 1.54) is 6.07 Å². The predicted molar refractivity (Wildman–Crippen MR) is 82.7 cm³/mol. The lowest BCUT2D eigenvalue weighted by molar-refractivity contribution is 0.414. The lowest BCUT2D eigenvalue weighted by atomic mass is 10.2. The van der Waals surface area contributed by atoms with E-state index in [4.69, 9.17) is 4.74 Å². The normalized spacial score (nSPS) is 10.9. The lowest BCUT2D eigenvalue weighted by Gasteiger charge is -2.10. The topological polar surface area (TPSA) is 51.5 Å². The number of benzene rings is 1. The molecule has 1 N–H and O–H groups in total. The highest BCUT2D eigenvalue weighted by atomic mass is 19.1. The van der Waals surface area contributed by atoms with E-state index in [1.54, 1.807) is 25.4 Å². The molecule has 0 amide bonds. The van der Waals surface area contributed by atoms with E-state index in [9.17, 15) is 4.39 Å². The maximum absolute atomic E-state index is 13.8. The number of halogens is 1. The average Bonchev–Trinajstić information content (AvgIpc) is 2.89. The van der Waals surface area contributed by atoms with Gasteiger partial charge in [-0.25, -0.2) is 14.4 Å². The van der Waals surface area contributed by atoms with Crippen LogP contribution in [-0.2, 0) is 6.54 Å². The third-order valence-electron chi connectivity index (χ3n) is 3.50. The number of aromatic nitrogens is 3. The number of nitrogens with zero attached hydrogens (tertiary/aromatic N) is 3. The zero-order valence-corrected chi connectivity index (χ0v) is 12.7. The van der Waals surface area contributed by atoms with Gasteiger partial charge in [0.15, 0.2) is 0 Å². The largest absolute Gasteiger partial charge is 0.497 e. The molecule has 0 radical (unpaired) electrons. The van der Waals surface area contributed by atoms with Crippen LogP contribution < -0.4 is 10.1 Å². The van der Waals surface area contributed by atoms with Crippen molar-refractivity contribution in [3.8, 4) is 5.75 Å². The third kappa shape index (κ3) is 2.59. The van der Waals surface area contributed by atoms with Gasteiger partial charge < -0.3 is 10.1 Å². The summed E-state index contributed by atoms with van der Waals surface area (Å²) in [6.07, 6.45) is 1.75. The van der Waals surface area contributed by atoms with Crippen LogP contribution in [0.2, 0.25) is 0 Å². The molecule has 1 aromatic carbocycles. The molecule has 0 fully saturated rings. The SMILES string of the molecule is COc1ccc(F)c(NCc2cnc3nc(C)cc(C)n23)c1. The molecule has 3 rings (SSSR count). The van der Waals surface area contributed by atoms with E-state index < -0.39 is 0 Å². The van der Waals surface area contributed by atoms with Gasteiger partial charge in [0, 0.05) is 17.5 Å². The second-order valence-electron chi connectivity index (χ2n) is 5.12. The molecule has 22 heavy (non-hydrogen) atoms. The molecule has 114 valence electrons. The number of imidazole rings is 1. The van der Waals surface area contributed by atoms with Crippen molar-refractivity contribution in [3.63, 3.8) is 0 Å². The molecular weight excluding hydrogens is 283 g/mol. The molecule has 2 aromatic heterocycles. The maximum Gasteiger partial charge on any atom is 0.234 e. The van der Waals surface area contributed by atoms with E-state index in [0.29, 0.717) is 23.8 Å². The Hall–Kier alpha value is -2.63. The second-order valence-corrected chi connectivity index (χ2v) is 5.12. The number of hydrogen-bond donors (Lipinski definition) is 1. The zero-order valence-electron chi connectivity index (χ0n) is 12.7. The molecule has 0 bridgehead atoms. The van der Waals surface area contributed by atoms with Gasteiger partial charge in [-0.15, -0.1) is 0 Å². The predicted octanol–water partition coefficient (Wildman–Crippen LogP) is 3.11. The standard InChI is InChI=1S/C16H17FN4O/c1-10-6-11(2)21-12(9-19-16(21)20-10)8-18-15-7-13(22-3)4-5-14(15)17/h4-7,9,18H,8H2,1-3H3. The number of methoxy groups -OCH3 is 1. The van der Waals surface area contributed by atoms with Crippen LogP contribution >= 0.6 is 0 Å². The summed E-state index contributed by atoms with van der Waals surface area (Å²) in [6.45, 7) is 4.38. The summed E-state index contributed by atoms with van der Waals surface area (Å²) >= 11 is 0. The van der Waals surface area contributed by atoms with Gasteiger partial charge in [0.1, 0.15) is 11.6 Å². The van der Waals surface area contributed by atoms with Crippen LogP contribution in [0.15, 0.2) is 30.5 Å². The Morgan fingerprint density at radius 1 is 1.27 bits per heavy atom. The van der Waals surface area contributed by atoms with Gasteiger partial charge in [-0.05, 0) is 32.0 Å². The molecule has 0 unspecified atom stereocenters. The number of fused-ring (bicyclic) bond motifs is 1. The summed E-state index contributed by atoms with van der Waals surface area (Å²) in [5.74, 6) is 0.941. The Kier molecular flexibility index (Phi) is 3.66. The Bertz CT molecular complexity index is 828. The highest BCUT2D eigenvalue weighted by molar-refractivity contribution is 5.50. The fourth-order valence-electron chi connectivity index (χ4n) is 2.47. The molecule has 6 heteroatoms. The first-order valence-corrected chi connectivity index (χ1v) is 6.96. The van der Waals surface area contributed by atoms with Crippen molar-refractivity contribution < 1.29 is 9.13 Å². The molecule has 0 aliphatic heterocycles. The number of hydrogen-bond acceptors (Lipinski definition) is 4. The molecule has 2 heterocycles. The third-order valence-corrected chi connectivity index (χ3v) is 3.50. The van der Waals surface area contributed by atoms with Gasteiger partial charge in [-0.2, -0.15) is 0 Å². The van der Waals surface area contributed by atoms with Gasteiger partial charge in [0.25, 0.3) is 0 Å². The van der Waals surface area contributed by atoms with Crippen LogP contribution in [0.25, 0.3) is 5.78 Å². The van der Waals surface area contributed by atoms with Gasteiger partial charge in [-0.3, -0.25) is 4.40 Å². The van der Waals surface area contributed by atoms with Crippen LogP contribution in [0.5, 0.6) is 5.75 Å². The number of nitrogens with one attached hydrogen (secondary N) is 1. The molecule has 3 aromatic rings. The van der Waals surface area contributed by atoms with Gasteiger partial charge >= 0.3 is 0 Å². The highest BCUT2D eigenvalue weighted by Gasteiger charge is 2.09. The molecule has 5 nitrogen and oxygen atoms in total. The molecule has 0 aliphatic rings. The van der Waals surface area contributed by atoms with Crippen LogP contribution in [0.3, 0.4) is 0 Å². The van der Waals surface area contributed by atoms with Crippen LogP contribution in [0, 0.1) is 19.7 Å². The van der Waals surface area contributed by atoms with Crippen molar-refractivity contribution in [2.24, 2.45) is 0 Å². The zero-order chi connectivity index (χ0) is 15.7. The van der Waals surface area contributed by atoms with Gasteiger partial charge in [0.2, 0.25) is 5.78 Å². The molecule has 0 saturated heterocycles. The lowest BCUT2D eigenvalue weighted by Crippen LogP contribution is -2.06. The molecule has 0 aliphatic carbocycles. The van der Waals surface area contributed by atoms with E-state index in [0.717, 1.165) is 17.1 Å². The number of anilines is 1. The number of ether oxygens (including phenoxy) is 1. The van der Waals surface area contributed by atoms with E-state index >= 15 is 0 Å². The fourth-order valence-corrected chi connectivity index (χ4v) is 2.47. The molecular formula is C16H17FN4O. The van der Waals surface area contributed by atoms with E-state index in [-0.39, 0.29) is 5.82 Å². The van der Waals surface area contributed by atoms with Crippen molar-refractivity contribution >= 4 is 11.5 Å². The van der Waals surface area contributed by atoms with Gasteiger partial charge in [-0.1, -0.05) is 0 Å². The smallest absolute Gasteiger partial charge is 0.234 e. The second kappa shape index (κ2) is 5.63. The first kappa shape index (κ1) is 14.3. The van der Waals surface area contributed by atoms with Gasteiger partial charge in [0.05, 0.1) is 31.2 Å². The monoisotopic (exact) mass is 300 g/mol. The summed E-state index contributed by atoms with van der Waals surface area (Å²) in [4.78, 5) is 8.69. The molecule has 0 saturated carbocycles. The van der Waals surface area contributed by atoms with Crippen molar-refractivity contribution in [2.45, 2.75) is 20.4 Å². The summed E-state index contributed by atoms with van der Waals surface area (Å²) in [7, 11) is 1.55. The van der Waals surface area contributed by atoms with Crippen LogP contribution in [-0.4, -0.2) is 21.5 Å². The van der Waals surface area contributed by atoms with Crippen LogP contribution in [0.1, 0.15) is 17.1 Å². The Balaban J connectivity index is 1.88. The Morgan fingerprint density at radius 2 is 2.09 bits per heavy atom. The van der Waals surface area contributed by atoms with Crippen molar-refractivity contribution in [2.75, 3.05) is 12.4 Å². The molecule has 0 spiro atoms. The highest BCUT2D eigenvalue weighted by Crippen LogP contribution is 2.22. The van der Waals surface area contributed by atoms with Crippen molar-refractivity contribution in [1.82, 2.24) is 14.4 Å². The fraction of sp³-hybridized carbons (Fsp3) is 0.250. The minimum absolute atomic E-state index is 0.319. The maximum atomic E-state index is 13.8. The van der Waals surface area contributed by atoms with Crippen molar-refractivity contribution in [1.29, 1.82) is 0 Å². The quantitative estimate of drug-likeness (QED) is 0.804. The van der Waals surface area contributed by atoms with E-state index in [2.05, 4.69) is 15.3 Å². The first-order valence-electron chi connectivity index (χ1n) is 6.96. The number of aryl methyl sites for hydroxylation is 2. The summed E-state index contributed by atoms with van der Waals surface area (Å²) in [5, 5.41) is 3.08. The Labute approximate surface area is 127 Å². The van der Waals surface area contributed by atoms with E-state index in [1.807, 2.05) is 24.3 Å². The minimum atomic E-state index is -0.319. The first-order chi connectivity index (χ1) is 10.6. The summed E-state index contributed by atoms with van der Waals surface area (Å²) in [5.41, 5.74) is 3.28. The van der Waals surface area contributed by atoms with Crippen LogP contribution in [0.4, 0.5) is 10.1 Å². The minimum Gasteiger partial charge on any atom is -0.497 e. The Morgan fingerprint density at radius 3 is 2.86 bits per heavy atom.